The number of rotatable bonds is 9. The molecule has 1 N–H and O–H groups in total. The van der Waals surface area contributed by atoms with Crippen LogP contribution in [0.25, 0.3) is 11.4 Å². The van der Waals surface area contributed by atoms with Gasteiger partial charge in [-0.3, -0.25) is 9.36 Å². The minimum atomic E-state index is -0.392. The number of benzene rings is 1. The first-order valence-electron chi connectivity index (χ1n) is 12.4. The van der Waals surface area contributed by atoms with Crippen LogP contribution in [0, 0.1) is 0 Å². The number of carbonyl (C=O) groups is 2. The lowest BCUT2D eigenvalue weighted by atomic mass is 9.96. The number of allylic oxidation sites excluding steroid dienone is 1. The maximum absolute atomic E-state index is 13.0. The fourth-order valence-electron chi connectivity index (χ4n) is 4.44. The van der Waals surface area contributed by atoms with Crippen molar-refractivity contribution in [2.75, 3.05) is 37.2 Å². The van der Waals surface area contributed by atoms with Gasteiger partial charge in [0.15, 0.2) is 11.0 Å². The van der Waals surface area contributed by atoms with Crippen LogP contribution in [0.15, 0.2) is 42.1 Å². The third kappa shape index (κ3) is 6.24. The van der Waals surface area contributed by atoms with E-state index in [9.17, 15) is 9.59 Å². The molecule has 1 aromatic carbocycles. The highest BCUT2D eigenvalue weighted by Crippen LogP contribution is 2.38. The number of carbonyl (C=O) groups excluding carboxylic acids is 2. The highest BCUT2D eigenvalue weighted by Gasteiger charge is 2.26. The molecule has 1 amide bonds. The van der Waals surface area contributed by atoms with E-state index in [1.165, 1.54) is 41.5 Å². The average Bonchev–Trinajstić information content (AvgIpc) is 3.43. The number of thiophene rings is 1. The number of nitrogens with zero attached hydrogens (tertiary/aromatic N) is 4. The summed E-state index contributed by atoms with van der Waals surface area (Å²) in [4.78, 5) is 28.9. The van der Waals surface area contributed by atoms with E-state index in [0.717, 1.165) is 54.7 Å². The summed E-state index contributed by atoms with van der Waals surface area (Å²) in [7, 11) is 5.37. The van der Waals surface area contributed by atoms with Gasteiger partial charge < -0.3 is 15.0 Å². The molecule has 3 aromatic rings. The van der Waals surface area contributed by atoms with Crippen molar-refractivity contribution in [3.05, 3.63) is 52.9 Å². The van der Waals surface area contributed by atoms with Gasteiger partial charge in [0, 0.05) is 36.8 Å². The molecule has 0 fully saturated rings. The standard InChI is InChI=1S/C27H33N5O3S2/c1-5-15-32-24(18-11-10-12-19(16-18)31(2)3)29-30-27(32)36-17-22(33)28-25-23(26(34)35-4)20-13-8-6-7-9-14-21(20)37-25/h5,10-12,16H,1,6-9,13-15,17H2,2-4H3,(H,28,33). The number of aromatic nitrogens is 3. The maximum atomic E-state index is 13.0. The van der Waals surface area contributed by atoms with Crippen molar-refractivity contribution in [3.63, 3.8) is 0 Å². The molecule has 2 heterocycles. The lowest BCUT2D eigenvalue weighted by Crippen LogP contribution is -2.17. The number of hydrogen-bond donors (Lipinski definition) is 1. The minimum absolute atomic E-state index is 0.135. The number of fused-ring (bicyclic) bond motifs is 1. The van der Waals surface area contributed by atoms with Gasteiger partial charge in [0.25, 0.3) is 0 Å². The van der Waals surface area contributed by atoms with Crippen molar-refractivity contribution >= 4 is 45.7 Å². The summed E-state index contributed by atoms with van der Waals surface area (Å²) >= 11 is 2.81. The Morgan fingerprint density at radius 2 is 2.00 bits per heavy atom. The smallest absolute Gasteiger partial charge is 0.341 e. The Balaban J connectivity index is 1.52. The number of ether oxygens (including phenoxy) is 1. The van der Waals surface area contributed by atoms with E-state index in [1.807, 2.05) is 41.8 Å². The summed E-state index contributed by atoms with van der Waals surface area (Å²) in [5, 5.41) is 13.0. The van der Waals surface area contributed by atoms with E-state index in [-0.39, 0.29) is 11.7 Å². The Hall–Kier alpha value is -3.11. The van der Waals surface area contributed by atoms with Crippen LogP contribution in [0.5, 0.6) is 0 Å². The molecule has 0 atom stereocenters. The molecule has 196 valence electrons. The molecule has 8 nitrogen and oxygen atoms in total. The van der Waals surface area contributed by atoms with Crippen LogP contribution in [-0.2, 0) is 28.9 Å². The molecule has 1 aliphatic rings. The molecule has 0 bridgehead atoms. The molecular formula is C27H33N5O3S2. The lowest BCUT2D eigenvalue weighted by Gasteiger charge is -2.14. The number of hydrogen-bond acceptors (Lipinski definition) is 8. The number of aryl methyl sites for hydroxylation is 1. The van der Waals surface area contributed by atoms with Crippen LogP contribution in [0.1, 0.15) is 46.5 Å². The highest BCUT2D eigenvalue weighted by atomic mass is 32.2. The third-order valence-electron chi connectivity index (χ3n) is 6.30. The van der Waals surface area contributed by atoms with Crippen molar-refractivity contribution in [2.24, 2.45) is 0 Å². The molecule has 0 radical (unpaired) electrons. The first-order chi connectivity index (χ1) is 17.9. The second-order valence-corrected chi connectivity index (χ2v) is 11.1. The molecule has 0 aliphatic heterocycles. The average molecular weight is 540 g/mol. The fourth-order valence-corrected chi connectivity index (χ4v) is 6.49. The van der Waals surface area contributed by atoms with Crippen LogP contribution in [-0.4, -0.2) is 53.6 Å². The lowest BCUT2D eigenvalue weighted by molar-refractivity contribution is -0.113. The summed E-state index contributed by atoms with van der Waals surface area (Å²) < 4.78 is 7.03. The van der Waals surface area contributed by atoms with Crippen LogP contribution < -0.4 is 10.2 Å². The highest BCUT2D eigenvalue weighted by molar-refractivity contribution is 7.99. The zero-order valence-corrected chi connectivity index (χ0v) is 23.2. The quantitative estimate of drug-likeness (QED) is 0.220. The van der Waals surface area contributed by atoms with E-state index in [0.29, 0.717) is 22.3 Å². The molecule has 37 heavy (non-hydrogen) atoms. The van der Waals surface area contributed by atoms with Crippen molar-refractivity contribution in [3.8, 4) is 11.4 Å². The minimum Gasteiger partial charge on any atom is -0.465 e. The van der Waals surface area contributed by atoms with Gasteiger partial charge in [-0.2, -0.15) is 0 Å². The zero-order chi connectivity index (χ0) is 26.4. The number of thioether (sulfide) groups is 1. The molecule has 0 spiro atoms. The Bertz CT molecular complexity index is 1280. The predicted molar refractivity (Wildman–Crippen MR) is 151 cm³/mol. The second kappa shape index (κ2) is 12.4. The molecule has 4 rings (SSSR count). The molecule has 0 saturated heterocycles. The predicted octanol–water partition coefficient (Wildman–Crippen LogP) is 5.44. The van der Waals surface area contributed by atoms with Gasteiger partial charge in [-0.25, -0.2) is 4.79 Å². The Labute approximate surface area is 226 Å². The van der Waals surface area contributed by atoms with Gasteiger partial charge in [-0.05, 0) is 43.4 Å². The summed E-state index contributed by atoms with van der Waals surface area (Å²) in [5.41, 5.74) is 3.55. The monoisotopic (exact) mass is 539 g/mol. The second-order valence-electron chi connectivity index (χ2n) is 9.10. The zero-order valence-electron chi connectivity index (χ0n) is 21.6. The summed E-state index contributed by atoms with van der Waals surface area (Å²) in [5.74, 6) is 0.263. The first kappa shape index (κ1) is 26.9. The van der Waals surface area contributed by atoms with Gasteiger partial charge in [0.05, 0.1) is 18.4 Å². The third-order valence-corrected chi connectivity index (χ3v) is 8.47. The molecule has 0 saturated carbocycles. The van der Waals surface area contributed by atoms with Crippen molar-refractivity contribution in [1.29, 1.82) is 0 Å². The number of amides is 1. The summed E-state index contributed by atoms with van der Waals surface area (Å²) in [6.45, 7) is 4.39. The molecule has 1 aliphatic carbocycles. The van der Waals surface area contributed by atoms with E-state index in [1.54, 1.807) is 6.08 Å². The van der Waals surface area contributed by atoms with E-state index in [2.05, 4.69) is 28.2 Å². The van der Waals surface area contributed by atoms with Crippen LogP contribution in [0.2, 0.25) is 0 Å². The van der Waals surface area contributed by atoms with Crippen molar-refractivity contribution < 1.29 is 14.3 Å². The van der Waals surface area contributed by atoms with Crippen molar-refractivity contribution in [2.45, 2.75) is 50.2 Å². The maximum Gasteiger partial charge on any atom is 0.341 e. The number of methoxy groups -OCH3 is 1. The van der Waals surface area contributed by atoms with Crippen LogP contribution >= 0.6 is 23.1 Å². The Morgan fingerprint density at radius 3 is 2.73 bits per heavy atom. The van der Waals surface area contributed by atoms with E-state index >= 15 is 0 Å². The topological polar surface area (TPSA) is 89.3 Å². The summed E-state index contributed by atoms with van der Waals surface area (Å²) in [6.07, 6.45) is 8.03. The largest absolute Gasteiger partial charge is 0.465 e. The van der Waals surface area contributed by atoms with E-state index in [4.69, 9.17) is 4.74 Å². The normalized spacial score (nSPS) is 13.3. The Morgan fingerprint density at radius 1 is 1.22 bits per heavy atom. The van der Waals surface area contributed by atoms with Gasteiger partial charge in [0.2, 0.25) is 5.91 Å². The molecule has 10 heteroatoms. The SMILES string of the molecule is C=CCn1c(SCC(=O)Nc2sc3c(c2C(=O)OC)CCCCCC3)nnc1-c1cccc(N(C)C)c1. The summed E-state index contributed by atoms with van der Waals surface area (Å²) in [6, 6.07) is 8.07. The first-order valence-corrected chi connectivity index (χ1v) is 14.2. The van der Waals surface area contributed by atoms with Crippen LogP contribution in [0.3, 0.4) is 0 Å². The van der Waals surface area contributed by atoms with Crippen molar-refractivity contribution in [1.82, 2.24) is 14.8 Å². The molecular weight excluding hydrogens is 506 g/mol. The Kier molecular flexibility index (Phi) is 9.04. The van der Waals surface area contributed by atoms with Gasteiger partial charge in [0.1, 0.15) is 5.00 Å². The molecule has 0 unspecified atom stereocenters. The van der Waals surface area contributed by atoms with Gasteiger partial charge in [-0.1, -0.05) is 42.8 Å². The molecule has 2 aromatic heterocycles. The van der Waals surface area contributed by atoms with E-state index < -0.39 is 5.97 Å². The van der Waals surface area contributed by atoms with Crippen LogP contribution in [0.4, 0.5) is 10.7 Å². The van der Waals surface area contributed by atoms with Gasteiger partial charge in [-0.15, -0.1) is 28.1 Å². The number of esters is 1. The number of nitrogens with one attached hydrogen (secondary N) is 1. The fraction of sp³-hybridized carbons (Fsp3) is 0.407. The number of anilines is 2. The van der Waals surface area contributed by atoms with Gasteiger partial charge >= 0.3 is 5.97 Å².